The predicted octanol–water partition coefficient (Wildman–Crippen LogP) is 4.69. The third-order valence-corrected chi connectivity index (χ3v) is 9.39. The van der Waals surface area contributed by atoms with Gasteiger partial charge in [-0.25, -0.2) is 9.37 Å². The Hall–Kier alpha value is -2.79. The van der Waals surface area contributed by atoms with Crippen LogP contribution in [0.5, 0.6) is 6.01 Å². The van der Waals surface area contributed by atoms with Crippen LogP contribution in [0.25, 0.3) is 32.2 Å². The molecule has 2 aromatic carbocycles. The number of thiazole rings is 1. The molecule has 3 atom stereocenters. The SMILES string of the molecule is CN1CCC[C@H]1COc1nc(N2CC3CCC2CN3)c2cc(Cl)c(-c3cccc4sc(N)nc34)c(F)c2n1. The number of piperidine rings is 2. The molecular formula is C27H29ClFN7OS. The summed E-state index contributed by atoms with van der Waals surface area (Å²) in [7, 11) is 2.10. The molecule has 2 bridgehead atoms. The van der Waals surface area contributed by atoms with Crippen molar-refractivity contribution < 1.29 is 9.13 Å². The summed E-state index contributed by atoms with van der Waals surface area (Å²) < 4.78 is 23.6. The normalized spacial score (nSPS) is 23.7. The molecule has 38 heavy (non-hydrogen) atoms. The number of aromatic nitrogens is 3. The number of hydrogen-bond donors (Lipinski definition) is 2. The third kappa shape index (κ3) is 4.05. The number of nitrogens with one attached hydrogen (secondary N) is 1. The van der Waals surface area contributed by atoms with Crippen LogP contribution >= 0.6 is 22.9 Å². The van der Waals surface area contributed by atoms with Crippen molar-refractivity contribution in [3.63, 3.8) is 0 Å². The van der Waals surface area contributed by atoms with Crippen LogP contribution in [-0.4, -0.2) is 71.3 Å². The number of hydrogen-bond acceptors (Lipinski definition) is 9. The minimum Gasteiger partial charge on any atom is -0.462 e. The Morgan fingerprint density at radius 2 is 2.11 bits per heavy atom. The first kappa shape index (κ1) is 24.3. The number of rotatable bonds is 5. The third-order valence-electron chi connectivity index (χ3n) is 8.24. The van der Waals surface area contributed by atoms with Gasteiger partial charge in [-0.3, -0.25) is 0 Å². The summed E-state index contributed by atoms with van der Waals surface area (Å²) in [5.74, 6) is 0.183. The smallest absolute Gasteiger partial charge is 0.319 e. The first-order chi connectivity index (χ1) is 18.5. The summed E-state index contributed by atoms with van der Waals surface area (Å²) in [6, 6.07) is 8.56. The fraction of sp³-hybridized carbons (Fsp3) is 0.444. The quantitative estimate of drug-likeness (QED) is 0.367. The number of halogens is 2. The van der Waals surface area contributed by atoms with E-state index >= 15 is 4.39 Å². The number of anilines is 2. The maximum atomic E-state index is 16.5. The van der Waals surface area contributed by atoms with Crippen molar-refractivity contribution in [3.8, 4) is 17.1 Å². The van der Waals surface area contributed by atoms with Crippen LogP contribution in [0.1, 0.15) is 25.7 Å². The maximum Gasteiger partial charge on any atom is 0.319 e. The second-order valence-corrected chi connectivity index (χ2v) is 12.0. The number of para-hydroxylation sites is 1. The summed E-state index contributed by atoms with van der Waals surface area (Å²) in [6.07, 6.45) is 4.39. The number of likely N-dealkylation sites (tertiary alicyclic amines) is 1. The lowest BCUT2D eigenvalue weighted by atomic mass is 9.92. The lowest BCUT2D eigenvalue weighted by Crippen LogP contribution is -2.61. The molecule has 4 aliphatic heterocycles. The lowest BCUT2D eigenvalue weighted by molar-refractivity contribution is 0.188. The van der Waals surface area contributed by atoms with Crippen LogP contribution in [-0.2, 0) is 0 Å². The van der Waals surface area contributed by atoms with Crippen LogP contribution in [0, 0.1) is 5.82 Å². The van der Waals surface area contributed by atoms with E-state index in [0.717, 1.165) is 50.0 Å². The first-order valence-electron chi connectivity index (χ1n) is 13.1. The summed E-state index contributed by atoms with van der Waals surface area (Å²) >= 11 is 8.19. The van der Waals surface area contributed by atoms with Crippen molar-refractivity contribution in [2.75, 3.05) is 43.9 Å². The highest BCUT2D eigenvalue weighted by molar-refractivity contribution is 7.22. The number of nitrogens with two attached hydrogens (primary N) is 1. The molecule has 4 fully saturated rings. The minimum absolute atomic E-state index is 0.200. The van der Waals surface area contributed by atoms with Crippen molar-refractivity contribution in [1.29, 1.82) is 0 Å². The Bertz CT molecular complexity index is 1540. The molecule has 6 heterocycles. The van der Waals surface area contributed by atoms with Gasteiger partial charge in [-0.15, -0.1) is 0 Å². The van der Waals surface area contributed by atoms with E-state index in [0.29, 0.717) is 51.1 Å². The van der Waals surface area contributed by atoms with Crippen LogP contribution in [0.15, 0.2) is 24.3 Å². The summed E-state index contributed by atoms with van der Waals surface area (Å²) in [6.45, 7) is 3.19. The van der Waals surface area contributed by atoms with Gasteiger partial charge in [0, 0.05) is 47.7 Å². The highest BCUT2D eigenvalue weighted by Crippen LogP contribution is 2.43. The van der Waals surface area contributed by atoms with Gasteiger partial charge in [-0.2, -0.15) is 9.97 Å². The van der Waals surface area contributed by atoms with Crippen molar-refractivity contribution in [1.82, 2.24) is 25.2 Å². The van der Waals surface area contributed by atoms with Crippen molar-refractivity contribution in [2.24, 2.45) is 0 Å². The number of nitrogen functional groups attached to an aromatic ring is 1. The topological polar surface area (TPSA) is 92.4 Å². The highest BCUT2D eigenvalue weighted by Gasteiger charge is 2.36. The molecule has 0 spiro atoms. The Morgan fingerprint density at radius 3 is 2.84 bits per heavy atom. The molecule has 11 heteroatoms. The van der Waals surface area contributed by atoms with Gasteiger partial charge in [0.05, 0.1) is 15.2 Å². The molecule has 198 valence electrons. The molecule has 4 aromatic rings. The zero-order valence-corrected chi connectivity index (χ0v) is 22.7. The number of fused-ring (bicyclic) bond motifs is 5. The van der Waals surface area contributed by atoms with Gasteiger partial charge >= 0.3 is 6.01 Å². The highest BCUT2D eigenvalue weighted by atomic mass is 35.5. The average molecular weight is 554 g/mol. The van der Waals surface area contributed by atoms with E-state index in [1.807, 2.05) is 18.2 Å². The van der Waals surface area contributed by atoms with Gasteiger partial charge in [-0.05, 0) is 51.4 Å². The van der Waals surface area contributed by atoms with Crippen LogP contribution < -0.4 is 20.7 Å². The summed E-state index contributed by atoms with van der Waals surface area (Å²) in [5, 5.41) is 4.90. The second-order valence-electron chi connectivity index (χ2n) is 10.6. The largest absolute Gasteiger partial charge is 0.462 e. The van der Waals surface area contributed by atoms with E-state index < -0.39 is 5.82 Å². The molecule has 4 aliphatic rings. The number of piperazine rings is 1. The zero-order chi connectivity index (χ0) is 26.0. The zero-order valence-electron chi connectivity index (χ0n) is 21.1. The van der Waals surface area contributed by atoms with Gasteiger partial charge in [0.15, 0.2) is 10.9 Å². The molecule has 8 nitrogen and oxygen atoms in total. The predicted molar refractivity (Wildman–Crippen MR) is 151 cm³/mol. The lowest BCUT2D eigenvalue weighted by Gasteiger charge is -2.46. The average Bonchev–Trinajstić information content (AvgIpc) is 3.52. The van der Waals surface area contributed by atoms with Gasteiger partial charge in [0.1, 0.15) is 17.9 Å². The van der Waals surface area contributed by atoms with Gasteiger partial charge < -0.3 is 25.6 Å². The number of benzene rings is 2. The maximum absolute atomic E-state index is 16.5. The van der Waals surface area contributed by atoms with Gasteiger partial charge in [0.25, 0.3) is 0 Å². The Morgan fingerprint density at radius 1 is 1.21 bits per heavy atom. The fourth-order valence-electron chi connectivity index (χ4n) is 6.19. The minimum atomic E-state index is -0.502. The summed E-state index contributed by atoms with van der Waals surface area (Å²) in [4.78, 5) is 18.5. The number of likely N-dealkylation sites (N-methyl/N-ethyl adjacent to an activating group) is 1. The molecule has 0 aliphatic carbocycles. The monoisotopic (exact) mass is 553 g/mol. The molecule has 2 aromatic heterocycles. The molecule has 3 N–H and O–H groups in total. The van der Waals surface area contributed by atoms with Gasteiger partial charge in [0.2, 0.25) is 0 Å². The van der Waals surface area contributed by atoms with Crippen LogP contribution in [0.4, 0.5) is 15.3 Å². The molecule has 0 amide bonds. The van der Waals surface area contributed by atoms with Crippen molar-refractivity contribution >= 4 is 55.0 Å². The Labute approximate surface area is 229 Å². The molecule has 2 unspecified atom stereocenters. The van der Waals surface area contributed by atoms with Gasteiger partial charge in [-0.1, -0.05) is 35.1 Å². The van der Waals surface area contributed by atoms with E-state index in [2.05, 4.69) is 32.1 Å². The molecule has 0 saturated carbocycles. The molecular weight excluding hydrogens is 525 g/mol. The van der Waals surface area contributed by atoms with Crippen LogP contribution in [0.3, 0.4) is 0 Å². The Balaban J connectivity index is 1.39. The van der Waals surface area contributed by atoms with E-state index in [-0.39, 0.29) is 23.1 Å². The molecule has 8 rings (SSSR count). The summed E-state index contributed by atoms with van der Waals surface area (Å²) in [5.41, 5.74) is 7.68. The van der Waals surface area contributed by atoms with E-state index in [1.54, 1.807) is 6.07 Å². The molecule has 0 radical (unpaired) electrons. The van der Waals surface area contributed by atoms with E-state index in [1.165, 1.54) is 11.3 Å². The van der Waals surface area contributed by atoms with E-state index in [9.17, 15) is 0 Å². The number of nitrogens with zero attached hydrogens (tertiary/aromatic N) is 5. The first-order valence-corrected chi connectivity index (χ1v) is 14.3. The molecule has 4 saturated heterocycles. The fourth-order valence-corrected chi connectivity index (χ4v) is 7.24. The van der Waals surface area contributed by atoms with Crippen molar-refractivity contribution in [2.45, 2.75) is 43.8 Å². The standard InChI is InChI=1S/C27H29ClFN7OS/c1-35-9-3-4-16(35)13-37-27-33-24-18(25(34-27)36-12-14-7-8-15(36)11-31-14)10-19(28)21(22(24)29)17-5-2-6-20-23(17)32-26(30)38-20/h2,5-6,10,14-16,31H,3-4,7-9,11-13H2,1H3,(H2,30,32)/t14?,15?,16-/m0/s1. The number of ether oxygens (including phenoxy) is 1. The van der Waals surface area contributed by atoms with Crippen LogP contribution in [0.2, 0.25) is 5.02 Å². The second kappa shape index (κ2) is 9.44. The Kier molecular flexibility index (Phi) is 6.03. The van der Waals surface area contributed by atoms with E-state index in [4.69, 9.17) is 27.1 Å². The van der Waals surface area contributed by atoms with Crippen molar-refractivity contribution in [3.05, 3.63) is 35.1 Å².